The van der Waals surface area contributed by atoms with Gasteiger partial charge in [0.1, 0.15) is 5.75 Å². The van der Waals surface area contributed by atoms with Gasteiger partial charge in [0.15, 0.2) is 0 Å². The molecule has 3 aromatic rings. The zero-order chi connectivity index (χ0) is 15.7. The molecule has 0 saturated carbocycles. The van der Waals surface area contributed by atoms with Crippen molar-refractivity contribution in [2.45, 2.75) is 0 Å². The Kier molecular flexibility index (Phi) is 3.73. The number of fused-ring (bicyclic) bond motifs is 1. The molecule has 0 aliphatic rings. The van der Waals surface area contributed by atoms with Crippen molar-refractivity contribution < 1.29 is 14.6 Å². The van der Waals surface area contributed by atoms with Crippen LogP contribution in [0.5, 0.6) is 5.75 Å². The van der Waals surface area contributed by atoms with Crippen molar-refractivity contribution >= 4 is 28.3 Å². The molecule has 0 heterocycles. The topological polar surface area (TPSA) is 46.5 Å². The number of methoxy groups -OCH3 is 1. The minimum absolute atomic E-state index is 0.228. The fraction of sp³-hybridized carbons (Fsp3) is 0.0556. The van der Waals surface area contributed by atoms with E-state index in [1.807, 2.05) is 36.4 Å². The zero-order valence-electron chi connectivity index (χ0n) is 11.8. The highest BCUT2D eigenvalue weighted by Crippen LogP contribution is 2.40. The van der Waals surface area contributed by atoms with E-state index in [0.29, 0.717) is 10.8 Å². The molecule has 0 atom stereocenters. The average Bonchev–Trinajstić information content (AvgIpc) is 2.54. The van der Waals surface area contributed by atoms with Gasteiger partial charge in [0.05, 0.1) is 12.7 Å². The molecular formula is C18H13ClO3. The van der Waals surface area contributed by atoms with E-state index in [9.17, 15) is 9.90 Å². The molecule has 0 bridgehead atoms. The van der Waals surface area contributed by atoms with Crippen molar-refractivity contribution in [1.29, 1.82) is 0 Å². The summed E-state index contributed by atoms with van der Waals surface area (Å²) in [5.41, 5.74) is 1.84. The Hall–Kier alpha value is -2.52. The number of benzene rings is 3. The Bertz CT molecular complexity index is 871. The van der Waals surface area contributed by atoms with E-state index in [2.05, 4.69) is 0 Å². The summed E-state index contributed by atoms with van der Waals surface area (Å²) in [6.45, 7) is 0. The third-order valence-corrected chi connectivity index (χ3v) is 3.91. The van der Waals surface area contributed by atoms with Gasteiger partial charge < -0.3 is 9.84 Å². The minimum Gasteiger partial charge on any atom is -0.496 e. The van der Waals surface area contributed by atoms with Crippen LogP contribution in [0, 0.1) is 0 Å². The van der Waals surface area contributed by atoms with Crippen LogP contribution in [0.2, 0.25) is 5.02 Å². The molecule has 4 heteroatoms. The molecule has 0 aromatic heterocycles. The van der Waals surface area contributed by atoms with Crippen LogP contribution in [-0.4, -0.2) is 18.2 Å². The number of carbonyl (C=O) groups is 1. The molecule has 0 amide bonds. The highest BCUT2D eigenvalue weighted by Gasteiger charge is 2.14. The summed E-state index contributed by atoms with van der Waals surface area (Å²) in [4.78, 5) is 11.2. The lowest BCUT2D eigenvalue weighted by atomic mass is 9.96. The maximum Gasteiger partial charge on any atom is 0.335 e. The molecule has 1 N–H and O–H groups in total. The van der Waals surface area contributed by atoms with Gasteiger partial charge in [0, 0.05) is 16.1 Å². The lowest BCUT2D eigenvalue weighted by molar-refractivity contribution is 0.0697. The van der Waals surface area contributed by atoms with Crippen LogP contribution in [0.25, 0.3) is 21.9 Å². The predicted molar refractivity (Wildman–Crippen MR) is 87.9 cm³/mol. The largest absolute Gasteiger partial charge is 0.496 e. The first-order chi connectivity index (χ1) is 10.6. The lowest BCUT2D eigenvalue weighted by Crippen LogP contribution is -1.96. The fourth-order valence-electron chi connectivity index (χ4n) is 2.55. The summed E-state index contributed by atoms with van der Waals surface area (Å²) in [5.74, 6) is -0.273. The van der Waals surface area contributed by atoms with Crippen molar-refractivity contribution in [1.82, 2.24) is 0 Å². The van der Waals surface area contributed by atoms with Gasteiger partial charge >= 0.3 is 5.97 Å². The summed E-state index contributed by atoms with van der Waals surface area (Å²) in [5, 5.41) is 11.5. The van der Waals surface area contributed by atoms with E-state index >= 15 is 0 Å². The van der Waals surface area contributed by atoms with Crippen LogP contribution in [-0.2, 0) is 0 Å². The third-order valence-electron chi connectivity index (χ3n) is 3.59. The molecule has 0 radical (unpaired) electrons. The maximum atomic E-state index is 11.2. The Morgan fingerprint density at radius 1 is 1.09 bits per heavy atom. The normalized spacial score (nSPS) is 10.6. The van der Waals surface area contributed by atoms with E-state index in [1.54, 1.807) is 25.3 Å². The Labute approximate surface area is 132 Å². The van der Waals surface area contributed by atoms with E-state index in [4.69, 9.17) is 16.3 Å². The molecule has 0 fully saturated rings. The van der Waals surface area contributed by atoms with Gasteiger partial charge in [-0.05, 0) is 35.0 Å². The first-order valence-electron chi connectivity index (χ1n) is 6.71. The highest BCUT2D eigenvalue weighted by atomic mass is 35.5. The average molecular weight is 313 g/mol. The van der Waals surface area contributed by atoms with Gasteiger partial charge in [0.25, 0.3) is 0 Å². The number of hydrogen-bond acceptors (Lipinski definition) is 2. The van der Waals surface area contributed by atoms with Crippen LogP contribution in [0.4, 0.5) is 0 Å². The SMILES string of the molecule is COc1ccccc1-c1c(Cl)ccc2ccc(C(=O)O)cc12. The number of hydrogen-bond donors (Lipinski definition) is 1. The second-order valence-corrected chi connectivity index (χ2v) is 5.27. The standard InChI is InChI=1S/C18H13ClO3/c1-22-16-5-3-2-4-13(16)17-14-10-12(18(20)21)7-6-11(14)8-9-15(17)19/h2-10H,1H3,(H,20,21). The second kappa shape index (κ2) is 5.70. The quantitative estimate of drug-likeness (QED) is 0.750. The molecule has 110 valence electrons. The summed E-state index contributed by atoms with van der Waals surface area (Å²) in [6.07, 6.45) is 0. The summed E-state index contributed by atoms with van der Waals surface area (Å²) in [6, 6.07) is 16.2. The van der Waals surface area contributed by atoms with Crippen LogP contribution in [0.3, 0.4) is 0 Å². The number of halogens is 1. The van der Waals surface area contributed by atoms with Crippen LogP contribution in [0.1, 0.15) is 10.4 Å². The molecule has 0 aliphatic heterocycles. The Morgan fingerprint density at radius 2 is 1.82 bits per heavy atom. The molecule has 0 aliphatic carbocycles. The molecule has 0 spiro atoms. The van der Waals surface area contributed by atoms with Gasteiger partial charge in [-0.25, -0.2) is 4.79 Å². The smallest absolute Gasteiger partial charge is 0.335 e. The number of carboxylic acids is 1. The molecule has 3 rings (SSSR count). The lowest BCUT2D eigenvalue weighted by Gasteiger charge is -2.13. The van der Waals surface area contributed by atoms with Crippen molar-refractivity contribution in [2.24, 2.45) is 0 Å². The zero-order valence-corrected chi connectivity index (χ0v) is 12.6. The first-order valence-corrected chi connectivity index (χ1v) is 7.08. The van der Waals surface area contributed by atoms with Gasteiger partial charge in [0.2, 0.25) is 0 Å². The maximum absolute atomic E-state index is 11.2. The molecule has 22 heavy (non-hydrogen) atoms. The first kappa shape index (κ1) is 14.4. The van der Waals surface area contributed by atoms with Gasteiger partial charge in [-0.3, -0.25) is 0 Å². The van der Waals surface area contributed by atoms with Crippen molar-refractivity contribution in [2.75, 3.05) is 7.11 Å². The molecular weight excluding hydrogens is 300 g/mol. The minimum atomic E-state index is -0.965. The fourth-order valence-corrected chi connectivity index (χ4v) is 2.82. The second-order valence-electron chi connectivity index (χ2n) is 4.86. The van der Waals surface area contributed by atoms with Crippen molar-refractivity contribution in [3.63, 3.8) is 0 Å². The van der Waals surface area contributed by atoms with Crippen molar-refractivity contribution in [3.05, 3.63) is 65.2 Å². The third kappa shape index (κ3) is 2.40. The van der Waals surface area contributed by atoms with E-state index in [-0.39, 0.29) is 5.56 Å². The predicted octanol–water partition coefficient (Wildman–Crippen LogP) is 4.87. The van der Waals surface area contributed by atoms with Gasteiger partial charge in [-0.1, -0.05) is 41.9 Å². The van der Waals surface area contributed by atoms with Gasteiger partial charge in [-0.2, -0.15) is 0 Å². The van der Waals surface area contributed by atoms with Crippen LogP contribution < -0.4 is 4.74 Å². The number of aromatic carboxylic acids is 1. The highest BCUT2D eigenvalue weighted by molar-refractivity contribution is 6.35. The molecule has 3 nitrogen and oxygen atoms in total. The number of para-hydroxylation sites is 1. The number of ether oxygens (including phenoxy) is 1. The molecule has 0 unspecified atom stereocenters. The van der Waals surface area contributed by atoms with Crippen LogP contribution >= 0.6 is 11.6 Å². The molecule has 3 aromatic carbocycles. The Balaban J connectivity index is 2.38. The number of rotatable bonds is 3. The monoisotopic (exact) mass is 312 g/mol. The summed E-state index contributed by atoms with van der Waals surface area (Å²) in [7, 11) is 1.60. The van der Waals surface area contributed by atoms with Crippen LogP contribution in [0.15, 0.2) is 54.6 Å². The molecule has 0 saturated heterocycles. The van der Waals surface area contributed by atoms with E-state index in [0.717, 1.165) is 21.9 Å². The van der Waals surface area contributed by atoms with E-state index < -0.39 is 5.97 Å². The summed E-state index contributed by atoms with van der Waals surface area (Å²) >= 11 is 6.40. The van der Waals surface area contributed by atoms with E-state index in [1.165, 1.54) is 0 Å². The summed E-state index contributed by atoms with van der Waals surface area (Å²) < 4.78 is 5.41. The van der Waals surface area contributed by atoms with Crippen molar-refractivity contribution in [3.8, 4) is 16.9 Å². The number of carboxylic acid groups (broad SMARTS) is 1. The Morgan fingerprint density at radius 3 is 2.55 bits per heavy atom. The van der Waals surface area contributed by atoms with Gasteiger partial charge in [-0.15, -0.1) is 0 Å².